The third kappa shape index (κ3) is 4.64. The highest BCUT2D eigenvalue weighted by atomic mass is 16.5. The maximum atomic E-state index is 13.3. The van der Waals surface area contributed by atoms with E-state index in [0.717, 1.165) is 41.4 Å². The molecule has 0 atom stereocenters. The number of hydrogen-bond donors (Lipinski definition) is 0. The summed E-state index contributed by atoms with van der Waals surface area (Å²) in [5.41, 5.74) is 4.55. The number of carbonyl (C=O) groups excluding carboxylic acids is 1. The van der Waals surface area contributed by atoms with Crippen LogP contribution in [0.25, 0.3) is 11.3 Å². The number of amides is 1. The number of rotatable bonds is 6. The first-order valence-electron chi connectivity index (χ1n) is 10.8. The Balaban J connectivity index is 1.75. The van der Waals surface area contributed by atoms with Crippen LogP contribution >= 0.6 is 0 Å². The Labute approximate surface area is 183 Å². The van der Waals surface area contributed by atoms with Crippen LogP contribution in [0.5, 0.6) is 0 Å². The zero-order chi connectivity index (χ0) is 21.8. The average molecular weight is 420 g/mol. The summed E-state index contributed by atoms with van der Waals surface area (Å²) in [6, 6.07) is 17.7. The molecule has 162 valence electrons. The van der Waals surface area contributed by atoms with E-state index in [1.807, 2.05) is 61.2 Å². The Morgan fingerprint density at radius 2 is 1.84 bits per heavy atom. The van der Waals surface area contributed by atoms with E-state index in [1.54, 1.807) is 0 Å². The highest BCUT2D eigenvalue weighted by Gasteiger charge is 2.28. The second-order valence-corrected chi connectivity index (χ2v) is 8.18. The molecule has 2 aromatic carbocycles. The lowest BCUT2D eigenvalue weighted by Crippen LogP contribution is -2.39. The molecular weight excluding hydrogens is 390 g/mol. The van der Waals surface area contributed by atoms with E-state index in [2.05, 4.69) is 29.1 Å². The van der Waals surface area contributed by atoms with Crippen molar-refractivity contribution in [3.63, 3.8) is 0 Å². The van der Waals surface area contributed by atoms with Crippen molar-refractivity contribution >= 4 is 11.8 Å². The molecule has 0 saturated carbocycles. The van der Waals surface area contributed by atoms with Crippen molar-refractivity contribution < 1.29 is 14.1 Å². The molecule has 0 N–H and O–H groups in total. The van der Waals surface area contributed by atoms with E-state index in [-0.39, 0.29) is 11.9 Å². The van der Waals surface area contributed by atoms with Gasteiger partial charge in [0.05, 0.1) is 25.3 Å². The Morgan fingerprint density at radius 1 is 1.10 bits per heavy atom. The van der Waals surface area contributed by atoms with Gasteiger partial charge < -0.3 is 19.1 Å². The van der Waals surface area contributed by atoms with Gasteiger partial charge in [0.2, 0.25) is 5.88 Å². The highest BCUT2D eigenvalue weighted by Crippen LogP contribution is 2.34. The second kappa shape index (κ2) is 9.35. The molecule has 1 aliphatic rings. The molecule has 0 bridgehead atoms. The summed E-state index contributed by atoms with van der Waals surface area (Å²) in [5.74, 6) is 0.728. The third-order valence-corrected chi connectivity index (χ3v) is 5.59. The SMILES string of the molecule is Cc1cccc(-c2noc(N3CCOCC3)c2CN(C(=O)c2ccccc2)C(C)C)c1. The summed E-state index contributed by atoms with van der Waals surface area (Å²) >= 11 is 0. The van der Waals surface area contributed by atoms with E-state index in [1.165, 1.54) is 0 Å². The number of carbonyl (C=O) groups is 1. The first-order valence-corrected chi connectivity index (χ1v) is 10.8. The van der Waals surface area contributed by atoms with Crippen LogP contribution in [0.3, 0.4) is 0 Å². The molecule has 0 spiro atoms. The van der Waals surface area contributed by atoms with Crippen molar-refractivity contribution in [1.29, 1.82) is 0 Å². The average Bonchev–Trinajstić information content (AvgIpc) is 3.21. The Bertz CT molecular complexity index is 1020. The molecule has 0 aliphatic carbocycles. The lowest BCUT2D eigenvalue weighted by atomic mass is 10.0. The van der Waals surface area contributed by atoms with Crippen molar-refractivity contribution in [2.24, 2.45) is 0 Å². The van der Waals surface area contributed by atoms with E-state index < -0.39 is 0 Å². The third-order valence-electron chi connectivity index (χ3n) is 5.59. The Hall–Kier alpha value is -3.12. The van der Waals surface area contributed by atoms with Crippen LogP contribution in [0, 0.1) is 6.92 Å². The van der Waals surface area contributed by atoms with E-state index in [9.17, 15) is 4.79 Å². The fourth-order valence-electron chi connectivity index (χ4n) is 3.88. The van der Waals surface area contributed by atoms with Gasteiger partial charge in [-0.05, 0) is 39.0 Å². The fourth-order valence-corrected chi connectivity index (χ4v) is 3.88. The van der Waals surface area contributed by atoms with Crippen molar-refractivity contribution in [1.82, 2.24) is 10.1 Å². The minimum atomic E-state index is -0.0000743. The van der Waals surface area contributed by atoms with E-state index in [4.69, 9.17) is 9.26 Å². The van der Waals surface area contributed by atoms with E-state index >= 15 is 0 Å². The molecule has 1 fully saturated rings. The normalized spacial score (nSPS) is 14.1. The summed E-state index contributed by atoms with van der Waals surface area (Å²) in [5, 5.41) is 4.45. The van der Waals surface area contributed by atoms with Gasteiger partial charge in [-0.15, -0.1) is 0 Å². The molecule has 2 heterocycles. The van der Waals surface area contributed by atoms with E-state index in [0.29, 0.717) is 25.3 Å². The highest BCUT2D eigenvalue weighted by molar-refractivity contribution is 5.94. The number of aromatic nitrogens is 1. The van der Waals surface area contributed by atoms with Gasteiger partial charge >= 0.3 is 0 Å². The quantitative estimate of drug-likeness (QED) is 0.587. The molecule has 1 aliphatic heterocycles. The van der Waals surface area contributed by atoms with Crippen LogP contribution in [0.4, 0.5) is 5.88 Å². The Morgan fingerprint density at radius 3 is 2.52 bits per heavy atom. The molecule has 3 aromatic rings. The smallest absolute Gasteiger partial charge is 0.254 e. The first kappa shape index (κ1) is 21.1. The maximum Gasteiger partial charge on any atom is 0.254 e. The van der Waals surface area contributed by atoms with Crippen LogP contribution in [-0.2, 0) is 11.3 Å². The largest absolute Gasteiger partial charge is 0.378 e. The van der Waals surface area contributed by atoms with Crippen molar-refractivity contribution in [2.75, 3.05) is 31.2 Å². The van der Waals surface area contributed by atoms with Gasteiger partial charge in [-0.2, -0.15) is 0 Å². The van der Waals surface area contributed by atoms with Gasteiger partial charge in [-0.3, -0.25) is 4.79 Å². The number of anilines is 1. The summed E-state index contributed by atoms with van der Waals surface area (Å²) in [7, 11) is 0. The second-order valence-electron chi connectivity index (χ2n) is 8.18. The van der Waals surface area contributed by atoms with Crippen LogP contribution in [0.15, 0.2) is 59.1 Å². The summed E-state index contributed by atoms with van der Waals surface area (Å²) < 4.78 is 11.4. The standard InChI is InChI=1S/C25H29N3O3/c1-18(2)28(24(29)20-9-5-4-6-10-20)17-22-23(21-11-7-8-19(3)16-21)26-31-25(22)27-12-14-30-15-13-27/h4-11,16,18H,12-15,17H2,1-3H3. The molecule has 1 amide bonds. The minimum absolute atomic E-state index is 0.0000743. The first-order chi connectivity index (χ1) is 15.0. The molecular formula is C25H29N3O3. The minimum Gasteiger partial charge on any atom is -0.378 e. The Kier molecular flexibility index (Phi) is 6.37. The zero-order valence-electron chi connectivity index (χ0n) is 18.4. The number of benzene rings is 2. The lowest BCUT2D eigenvalue weighted by molar-refractivity contribution is 0.0690. The number of morpholine rings is 1. The topological polar surface area (TPSA) is 58.8 Å². The molecule has 6 heteroatoms. The fraction of sp³-hybridized carbons (Fsp3) is 0.360. The number of hydrogen-bond acceptors (Lipinski definition) is 5. The molecule has 6 nitrogen and oxygen atoms in total. The van der Waals surface area contributed by atoms with Crippen molar-refractivity contribution in [2.45, 2.75) is 33.4 Å². The van der Waals surface area contributed by atoms with Crippen LogP contribution in [0.2, 0.25) is 0 Å². The predicted octanol–water partition coefficient (Wildman–Crippen LogP) is 4.54. The van der Waals surface area contributed by atoms with Crippen LogP contribution in [-0.4, -0.2) is 48.3 Å². The predicted molar refractivity (Wildman–Crippen MR) is 121 cm³/mol. The summed E-state index contributed by atoms with van der Waals surface area (Å²) in [4.78, 5) is 17.4. The molecule has 31 heavy (non-hydrogen) atoms. The van der Waals surface area contributed by atoms with Crippen LogP contribution in [0.1, 0.15) is 35.3 Å². The lowest BCUT2D eigenvalue weighted by Gasteiger charge is -2.30. The molecule has 0 radical (unpaired) electrons. The zero-order valence-corrected chi connectivity index (χ0v) is 18.4. The molecule has 1 saturated heterocycles. The van der Waals surface area contributed by atoms with Gasteiger partial charge in [0.15, 0.2) is 0 Å². The maximum absolute atomic E-state index is 13.3. The number of aryl methyl sites for hydroxylation is 1. The summed E-state index contributed by atoms with van der Waals surface area (Å²) in [6.07, 6.45) is 0. The molecule has 1 aromatic heterocycles. The van der Waals surface area contributed by atoms with Gasteiger partial charge in [0.25, 0.3) is 5.91 Å². The summed E-state index contributed by atoms with van der Waals surface area (Å²) in [6.45, 7) is 9.33. The van der Waals surface area contributed by atoms with Crippen LogP contribution < -0.4 is 4.90 Å². The van der Waals surface area contributed by atoms with Crippen molar-refractivity contribution in [3.05, 3.63) is 71.3 Å². The van der Waals surface area contributed by atoms with Gasteiger partial charge in [-0.1, -0.05) is 47.1 Å². The van der Waals surface area contributed by atoms with Gasteiger partial charge in [0.1, 0.15) is 5.69 Å². The van der Waals surface area contributed by atoms with Gasteiger partial charge in [-0.25, -0.2) is 0 Å². The molecule has 0 unspecified atom stereocenters. The monoisotopic (exact) mass is 419 g/mol. The van der Waals surface area contributed by atoms with Gasteiger partial charge in [0, 0.05) is 30.3 Å². The number of ether oxygens (including phenoxy) is 1. The number of nitrogens with zero attached hydrogens (tertiary/aromatic N) is 3. The van der Waals surface area contributed by atoms with Crippen molar-refractivity contribution in [3.8, 4) is 11.3 Å². The molecule has 4 rings (SSSR count).